The van der Waals surface area contributed by atoms with E-state index < -0.39 is 9.82 Å². The molecule has 0 aliphatic carbocycles. The van der Waals surface area contributed by atoms with Crippen molar-refractivity contribution in [1.29, 1.82) is 0 Å². The first-order valence-electron chi connectivity index (χ1n) is 2.40. The number of hydrogen-bond acceptors (Lipinski definition) is 1. The highest BCUT2D eigenvalue weighted by atomic mass is 35.6. The van der Waals surface area contributed by atoms with Crippen molar-refractivity contribution in [2.24, 2.45) is 0 Å². The Bertz CT molecular complexity index is 122. The van der Waals surface area contributed by atoms with E-state index >= 15 is 0 Å². The fourth-order valence-electron chi connectivity index (χ4n) is 0.255. The third kappa shape index (κ3) is 6.26. The summed E-state index contributed by atoms with van der Waals surface area (Å²) in [6.45, 7) is -0.0339. The van der Waals surface area contributed by atoms with Crippen molar-refractivity contribution in [2.45, 2.75) is 3.79 Å². The molecule has 0 bridgehead atoms. The number of nitrogens with zero attached hydrogens (tertiary/aromatic N) is 1. The predicted molar refractivity (Wildman–Crippen MR) is 41.7 cm³/mol. The van der Waals surface area contributed by atoms with Crippen LogP contribution in [0, 0.1) is 0 Å². The van der Waals surface area contributed by atoms with Crippen molar-refractivity contribution < 1.29 is 4.79 Å². The number of amides is 2. The SMILES string of the molecule is C[N]C(=O)NCC(Cl)(Cl)Cl. The molecule has 0 aromatic heterocycles. The van der Waals surface area contributed by atoms with Crippen LogP contribution in [0.1, 0.15) is 0 Å². The van der Waals surface area contributed by atoms with E-state index in [0.717, 1.165) is 0 Å². The van der Waals surface area contributed by atoms with Crippen molar-refractivity contribution in [3.8, 4) is 0 Å². The van der Waals surface area contributed by atoms with Crippen LogP contribution in [0.25, 0.3) is 0 Å². The van der Waals surface area contributed by atoms with Crippen molar-refractivity contribution in [3.05, 3.63) is 0 Å². The van der Waals surface area contributed by atoms with Gasteiger partial charge in [0.05, 0.1) is 6.54 Å². The van der Waals surface area contributed by atoms with E-state index in [2.05, 4.69) is 10.6 Å². The lowest BCUT2D eigenvalue weighted by Crippen LogP contribution is -2.34. The Hall–Kier alpha value is 0.140. The zero-order chi connectivity index (χ0) is 8.20. The van der Waals surface area contributed by atoms with Gasteiger partial charge in [-0.2, -0.15) is 0 Å². The molecule has 0 saturated carbocycles. The van der Waals surface area contributed by atoms with Gasteiger partial charge in [0, 0.05) is 7.05 Å². The Balaban J connectivity index is 3.46. The van der Waals surface area contributed by atoms with Gasteiger partial charge in [-0.1, -0.05) is 34.8 Å². The summed E-state index contributed by atoms with van der Waals surface area (Å²) in [5, 5.41) is 5.54. The molecule has 6 heteroatoms. The zero-order valence-electron chi connectivity index (χ0n) is 5.20. The van der Waals surface area contributed by atoms with Crippen molar-refractivity contribution >= 4 is 40.8 Å². The smallest absolute Gasteiger partial charge is 0.332 e. The largest absolute Gasteiger partial charge is 0.336 e. The van der Waals surface area contributed by atoms with Gasteiger partial charge in [0.2, 0.25) is 3.79 Å². The maximum absolute atomic E-state index is 10.4. The average Bonchev–Trinajstić information content (AvgIpc) is 1.81. The number of nitrogens with one attached hydrogen (secondary N) is 1. The van der Waals surface area contributed by atoms with Gasteiger partial charge < -0.3 is 5.32 Å². The van der Waals surface area contributed by atoms with Crippen LogP contribution in [0.3, 0.4) is 0 Å². The molecule has 0 heterocycles. The van der Waals surface area contributed by atoms with E-state index in [4.69, 9.17) is 34.8 Å². The summed E-state index contributed by atoms with van der Waals surface area (Å²) in [5.41, 5.74) is 0. The number of urea groups is 1. The summed E-state index contributed by atoms with van der Waals surface area (Å²) in [5.74, 6) is 0. The van der Waals surface area contributed by atoms with Crippen LogP contribution >= 0.6 is 34.8 Å². The maximum atomic E-state index is 10.4. The van der Waals surface area contributed by atoms with Gasteiger partial charge in [-0.3, -0.25) is 0 Å². The molecular weight excluding hydrogens is 198 g/mol. The topological polar surface area (TPSA) is 43.2 Å². The van der Waals surface area contributed by atoms with E-state index in [1.807, 2.05) is 0 Å². The first-order chi connectivity index (χ1) is 4.45. The molecule has 0 aromatic carbocycles. The first kappa shape index (κ1) is 10.1. The van der Waals surface area contributed by atoms with Crippen LogP contribution in [-0.4, -0.2) is 23.4 Å². The van der Waals surface area contributed by atoms with E-state index in [-0.39, 0.29) is 6.54 Å². The summed E-state index contributed by atoms with van der Waals surface area (Å²) in [7, 11) is 1.35. The van der Waals surface area contributed by atoms with Crippen LogP contribution in [0.2, 0.25) is 0 Å². The molecule has 1 radical (unpaired) electrons. The third-order valence-electron chi connectivity index (χ3n) is 0.643. The quantitative estimate of drug-likeness (QED) is 0.643. The normalized spacial score (nSPS) is 10.8. The Morgan fingerprint density at radius 1 is 1.60 bits per heavy atom. The molecule has 0 saturated heterocycles. The number of halogens is 3. The lowest BCUT2D eigenvalue weighted by Gasteiger charge is -2.09. The second-order valence-electron chi connectivity index (χ2n) is 1.50. The summed E-state index contributed by atoms with van der Waals surface area (Å²) >= 11 is 15.9. The van der Waals surface area contributed by atoms with Crippen molar-refractivity contribution in [3.63, 3.8) is 0 Å². The minimum atomic E-state index is -1.44. The number of alkyl halides is 3. The molecule has 0 aliphatic heterocycles. The van der Waals surface area contributed by atoms with Crippen LogP contribution < -0.4 is 10.6 Å². The van der Waals surface area contributed by atoms with Crippen LogP contribution in [-0.2, 0) is 0 Å². The lowest BCUT2D eigenvalue weighted by molar-refractivity contribution is 0.242. The Morgan fingerprint density at radius 2 is 2.10 bits per heavy atom. The molecule has 0 atom stereocenters. The highest BCUT2D eigenvalue weighted by molar-refractivity contribution is 6.67. The van der Waals surface area contributed by atoms with Gasteiger partial charge >= 0.3 is 6.03 Å². The van der Waals surface area contributed by atoms with E-state index in [9.17, 15) is 4.79 Å². The molecule has 0 fully saturated rings. The third-order valence-corrected chi connectivity index (χ3v) is 1.04. The molecule has 0 rings (SSSR count). The Labute approximate surface area is 74.0 Å². The average molecular weight is 204 g/mol. The molecule has 0 unspecified atom stereocenters. The van der Waals surface area contributed by atoms with Gasteiger partial charge in [-0.05, 0) is 0 Å². The molecule has 59 valence electrons. The summed E-state index contributed by atoms with van der Waals surface area (Å²) in [6, 6.07) is -0.494. The molecule has 10 heavy (non-hydrogen) atoms. The van der Waals surface area contributed by atoms with Crippen molar-refractivity contribution in [2.75, 3.05) is 13.6 Å². The van der Waals surface area contributed by atoms with Crippen LogP contribution in [0.15, 0.2) is 0 Å². The highest BCUT2D eigenvalue weighted by Gasteiger charge is 2.19. The molecule has 0 spiro atoms. The fraction of sp³-hybridized carbons (Fsp3) is 0.750. The van der Waals surface area contributed by atoms with Gasteiger partial charge in [0.25, 0.3) is 0 Å². The van der Waals surface area contributed by atoms with Gasteiger partial charge in [0.1, 0.15) is 0 Å². The highest BCUT2D eigenvalue weighted by Crippen LogP contribution is 2.24. The van der Waals surface area contributed by atoms with Crippen LogP contribution in [0.4, 0.5) is 4.79 Å². The lowest BCUT2D eigenvalue weighted by atomic mass is 10.7. The molecule has 2 amide bonds. The Kier molecular flexibility index (Phi) is 4.17. The second kappa shape index (κ2) is 4.11. The monoisotopic (exact) mass is 203 g/mol. The number of carbonyl (C=O) groups excluding carboxylic acids is 1. The van der Waals surface area contributed by atoms with E-state index in [0.29, 0.717) is 0 Å². The fourth-order valence-corrected chi connectivity index (χ4v) is 0.455. The zero-order valence-corrected chi connectivity index (χ0v) is 7.46. The summed E-state index contributed by atoms with van der Waals surface area (Å²) in [6.07, 6.45) is 0. The summed E-state index contributed by atoms with van der Waals surface area (Å²) in [4.78, 5) is 10.4. The second-order valence-corrected chi connectivity index (χ2v) is 4.01. The van der Waals surface area contributed by atoms with Gasteiger partial charge in [-0.25, -0.2) is 10.1 Å². The number of rotatable bonds is 1. The molecule has 0 aromatic rings. The molecule has 1 N–H and O–H groups in total. The Morgan fingerprint density at radius 3 is 2.40 bits per heavy atom. The first-order valence-corrected chi connectivity index (χ1v) is 3.53. The van der Waals surface area contributed by atoms with Gasteiger partial charge in [-0.15, -0.1) is 0 Å². The predicted octanol–water partition coefficient (Wildman–Crippen LogP) is 1.30. The summed E-state index contributed by atoms with van der Waals surface area (Å²) < 4.78 is -1.44. The maximum Gasteiger partial charge on any atom is 0.336 e. The van der Waals surface area contributed by atoms with Crippen LogP contribution in [0.5, 0.6) is 0 Å². The number of carbonyl (C=O) groups is 1. The minimum absolute atomic E-state index is 0.0339. The molecule has 3 nitrogen and oxygen atoms in total. The molecule has 0 aliphatic rings. The molecular formula is C4H6Cl3N2O. The number of hydrogen-bond donors (Lipinski definition) is 1. The minimum Gasteiger partial charge on any atom is -0.332 e. The standard InChI is InChI=1S/C4H6Cl3N2O/c1-8-3(10)9-2-4(5,6)7/h2H2,1H3,(H,9,10). The van der Waals surface area contributed by atoms with Crippen molar-refractivity contribution in [1.82, 2.24) is 10.6 Å². The van der Waals surface area contributed by atoms with Gasteiger partial charge in [0.15, 0.2) is 0 Å². The van der Waals surface area contributed by atoms with E-state index in [1.165, 1.54) is 7.05 Å². The van der Waals surface area contributed by atoms with E-state index in [1.54, 1.807) is 0 Å².